The number of nitrogens with zero attached hydrogens (tertiary/aromatic N) is 1. The van der Waals surface area contributed by atoms with Crippen molar-refractivity contribution in [1.82, 2.24) is 4.90 Å². The number of thioether (sulfide) groups is 1. The van der Waals surface area contributed by atoms with E-state index >= 15 is 0 Å². The molecule has 0 saturated heterocycles. The first kappa shape index (κ1) is 16.6. The largest absolute Gasteiger partial charge is 0.478 e. The summed E-state index contributed by atoms with van der Waals surface area (Å²) in [4.78, 5) is 24.3. The first-order chi connectivity index (χ1) is 9.54. The molecule has 20 heavy (non-hydrogen) atoms. The molecule has 110 valence electrons. The number of rotatable bonds is 8. The van der Waals surface area contributed by atoms with Crippen molar-refractivity contribution in [2.24, 2.45) is 0 Å². The zero-order valence-corrected chi connectivity index (χ0v) is 12.8. The molecule has 0 aromatic heterocycles. The third kappa shape index (κ3) is 5.65. The standard InChI is InChI=1S/C15H21NO3S/c1-3-4-9-16(2)14(17)11-20-10-12-5-7-13(8-6-12)15(18)19/h5-8H,3-4,9-11H2,1-2H3,(H,18,19). The highest BCUT2D eigenvalue weighted by molar-refractivity contribution is 7.99. The van der Waals surface area contributed by atoms with Gasteiger partial charge >= 0.3 is 5.97 Å². The molecule has 0 radical (unpaired) electrons. The minimum Gasteiger partial charge on any atom is -0.478 e. The van der Waals surface area contributed by atoms with Gasteiger partial charge in [0.1, 0.15) is 0 Å². The summed E-state index contributed by atoms with van der Waals surface area (Å²) >= 11 is 1.55. The van der Waals surface area contributed by atoms with E-state index in [0.717, 1.165) is 24.9 Å². The Morgan fingerprint density at radius 1 is 1.25 bits per heavy atom. The van der Waals surface area contributed by atoms with Gasteiger partial charge in [0, 0.05) is 19.3 Å². The molecule has 0 bridgehead atoms. The van der Waals surface area contributed by atoms with Crippen LogP contribution in [0.2, 0.25) is 0 Å². The second-order valence-corrected chi connectivity index (χ2v) is 5.65. The molecule has 5 heteroatoms. The average molecular weight is 295 g/mol. The highest BCUT2D eigenvalue weighted by atomic mass is 32.2. The lowest BCUT2D eigenvalue weighted by Gasteiger charge is -2.16. The van der Waals surface area contributed by atoms with E-state index in [2.05, 4.69) is 6.92 Å². The van der Waals surface area contributed by atoms with Crippen LogP contribution in [-0.2, 0) is 10.5 Å². The fourth-order valence-electron chi connectivity index (χ4n) is 1.63. The number of benzene rings is 1. The van der Waals surface area contributed by atoms with Crippen molar-refractivity contribution in [1.29, 1.82) is 0 Å². The zero-order chi connectivity index (χ0) is 15.0. The summed E-state index contributed by atoms with van der Waals surface area (Å²) in [5.41, 5.74) is 1.32. The molecule has 0 heterocycles. The molecule has 0 atom stereocenters. The third-order valence-corrected chi connectivity index (χ3v) is 3.96. The third-order valence-electron chi connectivity index (χ3n) is 2.97. The summed E-state index contributed by atoms with van der Waals surface area (Å²) in [7, 11) is 1.83. The number of carboxylic acids is 1. The predicted octanol–water partition coefficient (Wildman–Crippen LogP) is 2.88. The van der Waals surface area contributed by atoms with Crippen molar-refractivity contribution in [2.45, 2.75) is 25.5 Å². The van der Waals surface area contributed by atoms with Crippen molar-refractivity contribution < 1.29 is 14.7 Å². The van der Waals surface area contributed by atoms with E-state index in [0.29, 0.717) is 11.5 Å². The van der Waals surface area contributed by atoms with Gasteiger partial charge in [-0.05, 0) is 24.1 Å². The van der Waals surface area contributed by atoms with Gasteiger partial charge in [-0.2, -0.15) is 0 Å². The molecule has 4 nitrogen and oxygen atoms in total. The minimum atomic E-state index is -0.920. The topological polar surface area (TPSA) is 57.6 Å². The number of hydrogen-bond donors (Lipinski definition) is 1. The Bertz CT molecular complexity index is 445. The van der Waals surface area contributed by atoms with Crippen LogP contribution < -0.4 is 0 Å². The molecule has 1 aromatic rings. The van der Waals surface area contributed by atoms with Crippen LogP contribution in [0.1, 0.15) is 35.7 Å². The van der Waals surface area contributed by atoms with Crippen molar-refractivity contribution in [3.8, 4) is 0 Å². The Labute approximate surface area is 124 Å². The molecule has 0 aliphatic rings. The maximum Gasteiger partial charge on any atom is 0.335 e. The lowest BCUT2D eigenvalue weighted by atomic mass is 10.1. The number of unbranched alkanes of at least 4 members (excludes halogenated alkanes) is 1. The normalized spacial score (nSPS) is 10.3. The number of aromatic carboxylic acids is 1. The van der Waals surface area contributed by atoms with Crippen LogP contribution in [0.3, 0.4) is 0 Å². The number of amides is 1. The summed E-state index contributed by atoms with van der Waals surface area (Å²) in [6, 6.07) is 6.77. The van der Waals surface area contributed by atoms with Gasteiger partial charge in [0.15, 0.2) is 0 Å². The Balaban J connectivity index is 2.33. The Hall–Kier alpha value is -1.49. The first-order valence-electron chi connectivity index (χ1n) is 6.68. The van der Waals surface area contributed by atoms with Crippen molar-refractivity contribution in [2.75, 3.05) is 19.3 Å². The molecule has 0 unspecified atom stereocenters. The highest BCUT2D eigenvalue weighted by Gasteiger charge is 2.08. The van der Waals surface area contributed by atoms with E-state index in [4.69, 9.17) is 5.11 Å². The Kier molecular flexibility index (Phi) is 7.15. The average Bonchev–Trinajstić information content (AvgIpc) is 2.45. The van der Waals surface area contributed by atoms with E-state index in [1.54, 1.807) is 40.9 Å². The summed E-state index contributed by atoms with van der Waals surface area (Å²) in [6.45, 7) is 2.91. The van der Waals surface area contributed by atoms with E-state index in [-0.39, 0.29) is 11.5 Å². The molecule has 1 rings (SSSR count). The fraction of sp³-hybridized carbons (Fsp3) is 0.467. The number of carbonyl (C=O) groups excluding carboxylic acids is 1. The SMILES string of the molecule is CCCCN(C)C(=O)CSCc1ccc(C(=O)O)cc1. The van der Waals surface area contributed by atoms with Crippen LogP contribution in [0.4, 0.5) is 0 Å². The summed E-state index contributed by atoms with van der Waals surface area (Å²) in [6.07, 6.45) is 2.12. The van der Waals surface area contributed by atoms with E-state index in [9.17, 15) is 9.59 Å². The maximum atomic E-state index is 11.8. The highest BCUT2D eigenvalue weighted by Crippen LogP contribution is 2.14. The van der Waals surface area contributed by atoms with E-state index in [1.165, 1.54) is 0 Å². The molecule has 0 saturated carbocycles. The van der Waals surface area contributed by atoms with Gasteiger partial charge in [0.25, 0.3) is 0 Å². The van der Waals surface area contributed by atoms with Crippen molar-refractivity contribution in [3.63, 3.8) is 0 Å². The fourth-order valence-corrected chi connectivity index (χ4v) is 2.56. The second-order valence-electron chi connectivity index (χ2n) is 4.66. The van der Waals surface area contributed by atoms with Crippen LogP contribution in [0.5, 0.6) is 0 Å². The minimum absolute atomic E-state index is 0.144. The van der Waals surface area contributed by atoms with Crippen LogP contribution in [0.25, 0.3) is 0 Å². The number of carbonyl (C=O) groups is 2. The quantitative estimate of drug-likeness (QED) is 0.801. The predicted molar refractivity (Wildman–Crippen MR) is 82.1 cm³/mol. The smallest absolute Gasteiger partial charge is 0.335 e. The Morgan fingerprint density at radius 3 is 2.45 bits per heavy atom. The molecular formula is C15H21NO3S. The molecule has 0 aliphatic carbocycles. The molecule has 0 spiro atoms. The first-order valence-corrected chi connectivity index (χ1v) is 7.84. The second kappa shape index (κ2) is 8.64. The summed E-state index contributed by atoms with van der Waals surface area (Å²) in [5, 5.41) is 8.80. The number of hydrogen-bond acceptors (Lipinski definition) is 3. The number of carboxylic acid groups (broad SMARTS) is 1. The molecular weight excluding hydrogens is 274 g/mol. The van der Waals surface area contributed by atoms with Crippen molar-refractivity contribution >= 4 is 23.6 Å². The summed E-state index contributed by atoms with van der Waals surface area (Å²) in [5.74, 6) is 0.399. The summed E-state index contributed by atoms with van der Waals surface area (Å²) < 4.78 is 0. The molecule has 1 N–H and O–H groups in total. The van der Waals surface area contributed by atoms with E-state index < -0.39 is 5.97 Å². The monoisotopic (exact) mass is 295 g/mol. The maximum absolute atomic E-state index is 11.8. The van der Waals surface area contributed by atoms with Crippen LogP contribution in [0.15, 0.2) is 24.3 Å². The van der Waals surface area contributed by atoms with Gasteiger partial charge in [-0.25, -0.2) is 4.79 Å². The van der Waals surface area contributed by atoms with Gasteiger partial charge in [0.05, 0.1) is 11.3 Å². The van der Waals surface area contributed by atoms with Gasteiger partial charge in [-0.3, -0.25) is 4.79 Å². The molecule has 1 aromatic carbocycles. The molecule has 1 amide bonds. The Morgan fingerprint density at radius 2 is 1.90 bits per heavy atom. The molecule has 0 fully saturated rings. The van der Waals surface area contributed by atoms with Gasteiger partial charge in [0.2, 0.25) is 5.91 Å². The van der Waals surface area contributed by atoms with Crippen molar-refractivity contribution in [3.05, 3.63) is 35.4 Å². The van der Waals surface area contributed by atoms with Crippen LogP contribution in [0, 0.1) is 0 Å². The van der Waals surface area contributed by atoms with E-state index in [1.807, 2.05) is 7.05 Å². The van der Waals surface area contributed by atoms with Gasteiger partial charge < -0.3 is 10.0 Å². The van der Waals surface area contributed by atoms with Crippen LogP contribution in [-0.4, -0.2) is 41.2 Å². The molecule has 0 aliphatic heterocycles. The zero-order valence-electron chi connectivity index (χ0n) is 12.0. The van der Waals surface area contributed by atoms with Gasteiger partial charge in [-0.15, -0.1) is 11.8 Å². The lowest BCUT2D eigenvalue weighted by molar-refractivity contribution is -0.127. The van der Waals surface area contributed by atoms with Crippen LogP contribution >= 0.6 is 11.8 Å². The lowest BCUT2D eigenvalue weighted by Crippen LogP contribution is -2.29. The van der Waals surface area contributed by atoms with Gasteiger partial charge in [-0.1, -0.05) is 25.5 Å².